The third-order valence-electron chi connectivity index (χ3n) is 2.46. The van der Waals surface area contributed by atoms with E-state index in [-0.39, 0.29) is 18.2 Å². The van der Waals surface area contributed by atoms with Crippen LogP contribution in [0.5, 0.6) is 11.6 Å². The van der Waals surface area contributed by atoms with Crippen molar-refractivity contribution in [2.45, 2.75) is 12.8 Å². The van der Waals surface area contributed by atoms with Crippen LogP contribution in [0.3, 0.4) is 0 Å². The fourth-order valence-electron chi connectivity index (χ4n) is 1.50. The lowest BCUT2D eigenvalue weighted by atomic mass is 10.2. The van der Waals surface area contributed by atoms with Crippen molar-refractivity contribution in [3.05, 3.63) is 52.1 Å². The van der Waals surface area contributed by atoms with Gasteiger partial charge in [-0.3, -0.25) is 0 Å². The van der Waals surface area contributed by atoms with Crippen molar-refractivity contribution < 1.29 is 23.0 Å². The lowest BCUT2D eigenvalue weighted by Crippen LogP contribution is -2.04. The Morgan fingerprint density at radius 2 is 1.85 bits per heavy atom. The summed E-state index contributed by atoms with van der Waals surface area (Å²) in [5.41, 5.74) is -0.324. The van der Waals surface area contributed by atoms with Crippen molar-refractivity contribution in [2.75, 3.05) is 0 Å². The highest BCUT2D eigenvalue weighted by Gasteiger charge is 2.30. The molecule has 0 aliphatic heterocycles. The van der Waals surface area contributed by atoms with E-state index in [0.29, 0.717) is 10.0 Å². The maximum Gasteiger partial charge on any atom is 0.416 e. The van der Waals surface area contributed by atoms with E-state index in [2.05, 4.69) is 20.9 Å². The van der Waals surface area contributed by atoms with E-state index in [1.54, 1.807) is 6.07 Å². The van der Waals surface area contributed by atoms with Crippen molar-refractivity contribution in [3.8, 4) is 11.6 Å². The highest BCUT2D eigenvalue weighted by atomic mass is 79.9. The number of halogens is 4. The molecule has 1 heterocycles. The summed E-state index contributed by atoms with van der Waals surface area (Å²) in [4.78, 5) is 3.96. The van der Waals surface area contributed by atoms with E-state index in [4.69, 9.17) is 4.74 Å². The standard InChI is InChI=1S/C13H9BrF3NO2/c14-10-5-8(7-19)12(18-6-10)20-11-3-1-9(2-4-11)13(15,16)17/h1-6,19H,7H2. The Kier molecular flexibility index (Phi) is 4.29. The Balaban J connectivity index is 2.22. The average molecular weight is 348 g/mol. The molecule has 3 nitrogen and oxygen atoms in total. The maximum atomic E-state index is 12.4. The van der Waals surface area contributed by atoms with Gasteiger partial charge in [-0.05, 0) is 46.3 Å². The molecule has 0 saturated heterocycles. The van der Waals surface area contributed by atoms with Gasteiger partial charge in [-0.25, -0.2) is 4.98 Å². The number of alkyl halides is 3. The molecule has 2 rings (SSSR count). The Morgan fingerprint density at radius 1 is 1.20 bits per heavy atom. The molecule has 0 aliphatic rings. The normalized spacial score (nSPS) is 11.4. The van der Waals surface area contributed by atoms with Crippen LogP contribution in [0.25, 0.3) is 0 Å². The number of nitrogens with zero attached hydrogens (tertiary/aromatic N) is 1. The van der Waals surface area contributed by atoms with E-state index < -0.39 is 11.7 Å². The molecular formula is C13H9BrF3NO2. The second-order valence-electron chi connectivity index (χ2n) is 3.90. The summed E-state index contributed by atoms with van der Waals surface area (Å²) >= 11 is 3.20. The SMILES string of the molecule is OCc1cc(Br)cnc1Oc1ccc(C(F)(F)F)cc1. The molecule has 7 heteroatoms. The zero-order valence-electron chi connectivity index (χ0n) is 9.99. The fourth-order valence-corrected chi connectivity index (χ4v) is 1.88. The highest BCUT2D eigenvalue weighted by molar-refractivity contribution is 9.10. The van der Waals surface area contributed by atoms with Crippen LogP contribution in [0.15, 0.2) is 41.0 Å². The Labute approximate surface area is 121 Å². The molecule has 2 aromatic rings. The van der Waals surface area contributed by atoms with E-state index in [1.807, 2.05) is 0 Å². The number of hydrogen-bond donors (Lipinski definition) is 1. The molecule has 106 valence electrons. The first kappa shape index (κ1) is 14.8. The van der Waals surface area contributed by atoms with Gasteiger partial charge < -0.3 is 9.84 Å². The van der Waals surface area contributed by atoms with E-state index >= 15 is 0 Å². The van der Waals surface area contributed by atoms with Crippen LogP contribution in [0.4, 0.5) is 13.2 Å². The molecule has 0 unspecified atom stereocenters. The molecule has 1 N–H and O–H groups in total. The average Bonchev–Trinajstić information content (AvgIpc) is 2.40. The Morgan fingerprint density at radius 3 is 2.40 bits per heavy atom. The second-order valence-corrected chi connectivity index (χ2v) is 4.82. The third-order valence-corrected chi connectivity index (χ3v) is 2.89. The zero-order chi connectivity index (χ0) is 14.8. The maximum absolute atomic E-state index is 12.4. The van der Waals surface area contributed by atoms with Crippen LogP contribution in [0.1, 0.15) is 11.1 Å². The summed E-state index contributed by atoms with van der Waals surface area (Å²) in [7, 11) is 0. The molecule has 0 spiro atoms. The third kappa shape index (κ3) is 3.49. The van der Waals surface area contributed by atoms with E-state index in [1.165, 1.54) is 18.3 Å². The van der Waals surface area contributed by atoms with Gasteiger partial charge in [-0.2, -0.15) is 13.2 Å². The highest BCUT2D eigenvalue weighted by Crippen LogP contribution is 2.31. The molecule has 0 fully saturated rings. The van der Waals surface area contributed by atoms with Crippen LogP contribution in [-0.4, -0.2) is 10.1 Å². The van der Waals surface area contributed by atoms with Crippen LogP contribution in [-0.2, 0) is 12.8 Å². The molecular weight excluding hydrogens is 339 g/mol. The first-order valence-electron chi connectivity index (χ1n) is 5.50. The number of aliphatic hydroxyl groups is 1. The van der Waals surface area contributed by atoms with Crippen LogP contribution >= 0.6 is 15.9 Å². The van der Waals surface area contributed by atoms with Gasteiger partial charge in [0, 0.05) is 16.2 Å². The van der Waals surface area contributed by atoms with Gasteiger partial charge in [0.2, 0.25) is 5.88 Å². The van der Waals surface area contributed by atoms with Gasteiger partial charge in [0.05, 0.1) is 12.2 Å². The zero-order valence-corrected chi connectivity index (χ0v) is 11.6. The monoisotopic (exact) mass is 347 g/mol. The summed E-state index contributed by atoms with van der Waals surface area (Å²) in [5, 5.41) is 9.18. The van der Waals surface area contributed by atoms with Crippen LogP contribution in [0, 0.1) is 0 Å². The Bertz CT molecular complexity index is 600. The number of benzene rings is 1. The largest absolute Gasteiger partial charge is 0.439 e. The minimum absolute atomic E-state index is 0.149. The van der Waals surface area contributed by atoms with Crippen molar-refractivity contribution in [2.24, 2.45) is 0 Å². The second kappa shape index (κ2) is 5.80. The first-order valence-corrected chi connectivity index (χ1v) is 6.30. The minimum Gasteiger partial charge on any atom is -0.439 e. The number of pyridine rings is 1. The van der Waals surface area contributed by atoms with Crippen molar-refractivity contribution in [3.63, 3.8) is 0 Å². The first-order chi connectivity index (χ1) is 9.40. The number of rotatable bonds is 3. The quantitative estimate of drug-likeness (QED) is 0.906. The lowest BCUT2D eigenvalue weighted by Gasteiger charge is -2.10. The molecule has 0 bridgehead atoms. The fraction of sp³-hybridized carbons (Fsp3) is 0.154. The van der Waals surface area contributed by atoms with Gasteiger partial charge >= 0.3 is 6.18 Å². The molecule has 0 saturated carbocycles. The number of hydrogen-bond acceptors (Lipinski definition) is 3. The summed E-state index contributed by atoms with van der Waals surface area (Å²) in [5.74, 6) is 0.359. The predicted octanol–water partition coefficient (Wildman–Crippen LogP) is 4.15. The van der Waals surface area contributed by atoms with Crippen molar-refractivity contribution in [1.29, 1.82) is 0 Å². The van der Waals surface area contributed by atoms with Crippen LogP contribution < -0.4 is 4.74 Å². The number of ether oxygens (including phenoxy) is 1. The molecule has 1 aromatic heterocycles. The summed E-state index contributed by atoms with van der Waals surface area (Å²) in [6.45, 7) is -0.289. The van der Waals surface area contributed by atoms with Gasteiger partial charge in [-0.15, -0.1) is 0 Å². The van der Waals surface area contributed by atoms with E-state index in [0.717, 1.165) is 12.1 Å². The van der Waals surface area contributed by atoms with Crippen molar-refractivity contribution >= 4 is 15.9 Å². The van der Waals surface area contributed by atoms with Gasteiger partial charge in [0.25, 0.3) is 0 Å². The molecule has 0 amide bonds. The lowest BCUT2D eigenvalue weighted by molar-refractivity contribution is -0.137. The smallest absolute Gasteiger partial charge is 0.416 e. The summed E-state index contributed by atoms with van der Waals surface area (Å²) in [6, 6.07) is 5.87. The molecule has 0 aliphatic carbocycles. The topological polar surface area (TPSA) is 42.4 Å². The number of aliphatic hydroxyl groups excluding tert-OH is 1. The minimum atomic E-state index is -4.38. The van der Waals surface area contributed by atoms with Gasteiger partial charge in [0.15, 0.2) is 0 Å². The van der Waals surface area contributed by atoms with Crippen LogP contribution in [0.2, 0.25) is 0 Å². The van der Waals surface area contributed by atoms with Crippen molar-refractivity contribution in [1.82, 2.24) is 4.98 Å². The summed E-state index contributed by atoms with van der Waals surface area (Å²) in [6.07, 6.45) is -2.91. The summed E-state index contributed by atoms with van der Waals surface area (Å²) < 4.78 is 43.3. The molecule has 0 atom stereocenters. The molecule has 0 radical (unpaired) electrons. The van der Waals surface area contributed by atoms with Gasteiger partial charge in [-0.1, -0.05) is 0 Å². The van der Waals surface area contributed by atoms with Gasteiger partial charge in [0.1, 0.15) is 5.75 Å². The predicted molar refractivity (Wildman–Crippen MR) is 69.4 cm³/mol. The Hall–Kier alpha value is -1.60. The number of aromatic nitrogens is 1. The molecule has 20 heavy (non-hydrogen) atoms. The molecule has 1 aromatic carbocycles. The van der Waals surface area contributed by atoms with E-state index in [9.17, 15) is 18.3 Å².